The highest BCUT2D eigenvalue weighted by Crippen LogP contribution is 2.36. The Bertz CT molecular complexity index is 1720. The highest BCUT2D eigenvalue weighted by atomic mass is 16.2. The number of likely N-dealkylation sites (N-methyl/N-ethyl adjacent to an activating group) is 1. The Hall–Kier alpha value is -5.08. The maximum absolute atomic E-state index is 12.9. The highest BCUT2D eigenvalue weighted by molar-refractivity contribution is 6.05. The summed E-state index contributed by atoms with van der Waals surface area (Å²) in [4.78, 5) is 42.7. The number of rotatable bonds is 8. The summed E-state index contributed by atoms with van der Waals surface area (Å²) in [5.41, 5.74) is 9.61. The lowest BCUT2D eigenvalue weighted by atomic mass is 10.0. The smallest absolute Gasteiger partial charge is 0.256 e. The van der Waals surface area contributed by atoms with E-state index in [2.05, 4.69) is 36.8 Å². The minimum Gasteiger partial charge on any atom is -0.383 e. The fourth-order valence-electron chi connectivity index (χ4n) is 5.42. The first kappa shape index (κ1) is 27.1. The Morgan fingerprint density at radius 3 is 2.74 bits per heavy atom. The molecule has 0 spiro atoms. The predicted molar refractivity (Wildman–Crippen MR) is 159 cm³/mol. The van der Waals surface area contributed by atoms with Gasteiger partial charge < -0.3 is 20.5 Å². The van der Waals surface area contributed by atoms with Crippen LogP contribution in [0.2, 0.25) is 0 Å². The molecule has 2 amide bonds. The van der Waals surface area contributed by atoms with Crippen LogP contribution in [0.5, 0.6) is 0 Å². The number of fused-ring (bicyclic) bond motifs is 1. The van der Waals surface area contributed by atoms with Gasteiger partial charge in [0.2, 0.25) is 5.91 Å². The number of benzene rings is 1. The number of pyridine rings is 1. The summed E-state index contributed by atoms with van der Waals surface area (Å²) in [7, 11) is 2.09. The summed E-state index contributed by atoms with van der Waals surface area (Å²) in [6, 6.07) is 13.0. The molecule has 11 nitrogen and oxygen atoms in total. The van der Waals surface area contributed by atoms with Gasteiger partial charge in [-0.25, -0.2) is 15.0 Å². The zero-order valence-electron chi connectivity index (χ0n) is 23.3. The third-order valence-corrected chi connectivity index (χ3v) is 7.92. The Morgan fingerprint density at radius 2 is 1.98 bits per heavy atom. The van der Waals surface area contributed by atoms with Crippen molar-refractivity contribution in [3.8, 4) is 17.2 Å². The average Bonchev–Trinajstić information content (AvgIpc) is 3.61. The molecule has 0 bridgehead atoms. The number of nitrogens with zero attached hydrogens (tertiary/aromatic N) is 7. The minimum absolute atomic E-state index is 0.0240. The lowest BCUT2D eigenvalue weighted by Gasteiger charge is -2.16. The minimum atomic E-state index is -0.335. The summed E-state index contributed by atoms with van der Waals surface area (Å²) in [5, 5.41) is 12.6. The molecule has 1 aromatic carbocycles. The number of hydrogen-bond donors (Lipinski definition) is 2. The molecular weight excluding hydrogens is 530 g/mol. The van der Waals surface area contributed by atoms with Crippen molar-refractivity contribution >= 4 is 34.5 Å². The van der Waals surface area contributed by atoms with Crippen LogP contribution in [0.25, 0.3) is 22.2 Å². The van der Waals surface area contributed by atoms with Gasteiger partial charge in [0.15, 0.2) is 0 Å². The number of aromatic nitrogens is 4. The second kappa shape index (κ2) is 11.4. The van der Waals surface area contributed by atoms with Crippen molar-refractivity contribution < 1.29 is 9.59 Å². The molecule has 4 aromatic rings. The fraction of sp³-hybridized carbons (Fsp3) is 0.290. The molecule has 1 saturated carbocycles. The number of anilines is 2. The molecule has 1 atom stereocenters. The summed E-state index contributed by atoms with van der Waals surface area (Å²) in [5.74, 6) is 0.364. The summed E-state index contributed by atoms with van der Waals surface area (Å²) in [6.07, 6.45) is 11.9. The van der Waals surface area contributed by atoms with E-state index in [9.17, 15) is 9.59 Å². The number of nitrogen functional groups attached to an aromatic ring is 1. The van der Waals surface area contributed by atoms with E-state index in [-0.39, 0.29) is 17.9 Å². The van der Waals surface area contributed by atoms with Crippen LogP contribution in [0.4, 0.5) is 11.6 Å². The first-order chi connectivity index (χ1) is 20.4. The molecule has 2 aliphatic rings. The first-order valence-electron chi connectivity index (χ1n) is 14.0. The van der Waals surface area contributed by atoms with Gasteiger partial charge in [-0.05, 0) is 56.1 Å². The van der Waals surface area contributed by atoms with Crippen LogP contribution >= 0.6 is 0 Å². The van der Waals surface area contributed by atoms with Crippen LogP contribution in [-0.4, -0.2) is 73.9 Å². The van der Waals surface area contributed by atoms with Gasteiger partial charge in [0, 0.05) is 55.3 Å². The summed E-state index contributed by atoms with van der Waals surface area (Å²) >= 11 is 0. The lowest BCUT2D eigenvalue weighted by Crippen LogP contribution is -2.28. The van der Waals surface area contributed by atoms with E-state index in [4.69, 9.17) is 11.0 Å². The molecule has 0 radical (unpaired) electrons. The number of carbonyl (C=O) groups is 2. The molecule has 1 unspecified atom stereocenters. The number of amides is 2. The zero-order valence-corrected chi connectivity index (χ0v) is 23.3. The van der Waals surface area contributed by atoms with Gasteiger partial charge in [-0.1, -0.05) is 18.2 Å². The molecule has 3 aromatic heterocycles. The Morgan fingerprint density at radius 1 is 1.17 bits per heavy atom. The first-order valence-corrected chi connectivity index (χ1v) is 14.0. The highest BCUT2D eigenvalue weighted by Gasteiger charge is 2.29. The van der Waals surface area contributed by atoms with Gasteiger partial charge >= 0.3 is 0 Å². The number of carbonyl (C=O) groups excluding carboxylic acids is 2. The summed E-state index contributed by atoms with van der Waals surface area (Å²) < 4.78 is 2.09. The number of hydrogen-bond acceptors (Lipinski definition) is 8. The zero-order chi connectivity index (χ0) is 29.2. The van der Waals surface area contributed by atoms with Crippen molar-refractivity contribution in [3.63, 3.8) is 0 Å². The fourth-order valence-corrected chi connectivity index (χ4v) is 5.42. The second-order valence-electron chi connectivity index (χ2n) is 10.8. The molecule has 6 rings (SSSR count). The molecule has 2 fully saturated rings. The van der Waals surface area contributed by atoms with E-state index in [0.717, 1.165) is 29.5 Å². The number of nitriles is 1. The predicted octanol–water partition coefficient (Wildman–Crippen LogP) is 3.62. The van der Waals surface area contributed by atoms with Crippen LogP contribution < -0.4 is 11.1 Å². The van der Waals surface area contributed by atoms with Crippen molar-refractivity contribution in [1.29, 1.82) is 5.26 Å². The molecular formula is C31H31N9O2. The van der Waals surface area contributed by atoms with Crippen LogP contribution in [0.3, 0.4) is 0 Å². The third-order valence-electron chi connectivity index (χ3n) is 7.92. The molecule has 11 heteroatoms. The number of nitrogens with two attached hydrogens (primary N) is 1. The van der Waals surface area contributed by atoms with Crippen molar-refractivity contribution in [1.82, 2.24) is 29.3 Å². The molecule has 1 saturated heterocycles. The van der Waals surface area contributed by atoms with Crippen molar-refractivity contribution in [2.24, 2.45) is 0 Å². The van der Waals surface area contributed by atoms with Crippen molar-refractivity contribution in [2.75, 3.05) is 37.7 Å². The maximum atomic E-state index is 12.9. The van der Waals surface area contributed by atoms with Gasteiger partial charge in [-0.15, -0.1) is 0 Å². The average molecular weight is 562 g/mol. The van der Waals surface area contributed by atoms with Crippen molar-refractivity contribution in [2.45, 2.75) is 31.3 Å². The monoisotopic (exact) mass is 561 g/mol. The van der Waals surface area contributed by atoms with Gasteiger partial charge in [-0.3, -0.25) is 14.5 Å². The van der Waals surface area contributed by atoms with E-state index >= 15 is 0 Å². The van der Waals surface area contributed by atoms with E-state index in [1.165, 1.54) is 31.4 Å². The largest absolute Gasteiger partial charge is 0.383 e. The quantitative estimate of drug-likeness (QED) is 0.310. The standard InChI is InChI=1S/C31H31N9O2/c1-38(23-8-9-23)13-2-3-27(41)39-14-11-24(17-39)40-18-25(28-29(33)35-19-36-30(28)40)21-4-6-22(7-5-21)31(42)37-26-15-20(16-32)10-12-34-26/h2-7,10,12,15,18-19,23-24H,8-9,11,13-14,17H2,1H3,(H2,33,35,36)(H,34,37,42). The maximum Gasteiger partial charge on any atom is 0.256 e. The normalized spacial score (nSPS) is 16.8. The topological polar surface area (TPSA) is 146 Å². The van der Waals surface area contributed by atoms with E-state index in [1.54, 1.807) is 24.3 Å². The second-order valence-corrected chi connectivity index (χ2v) is 10.8. The third kappa shape index (κ3) is 5.57. The molecule has 4 heterocycles. The van der Waals surface area contributed by atoms with Gasteiger partial charge in [0.05, 0.1) is 23.1 Å². The molecule has 1 aliphatic heterocycles. The Balaban J connectivity index is 1.20. The van der Waals surface area contributed by atoms with E-state index in [1.807, 2.05) is 35.4 Å². The Labute approximate surface area is 243 Å². The van der Waals surface area contributed by atoms with Gasteiger partial charge in [0.25, 0.3) is 5.91 Å². The van der Waals surface area contributed by atoms with Crippen LogP contribution in [0, 0.1) is 11.3 Å². The number of nitrogens with one attached hydrogen (secondary N) is 1. The molecule has 42 heavy (non-hydrogen) atoms. The summed E-state index contributed by atoms with van der Waals surface area (Å²) in [6.45, 7) is 2.02. The number of likely N-dealkylation sites (tertiary alicyclic amines) is 1. The van der Waals surface area contributed by atoms with E-state index < -0.39 is 0 Å². The van der Waals surface area contributed by atoms with E-state index in [0.29, 0.717) is 47.5 Å². The SMILES string of the molecule is CN(CC=CC(=O)N1CCC(n2cc(-c3ccc(C(=O)Nc4cc(C#N)ccn4)cc3)c3c(N)ncnc32)C1)C1CC1. The van der Waals surface area contributed by atoms with Crippen molar-refractivity contribution in [3.05, 3.63) is 78.4 Å². The van der Waals surface area contributed by atoms with Crippen LogP contribution in [0.1, 0.15) is 41.2 Å². The molecule has 1 aliphatic carbocycles. The molecule has 212 valence electrons. The lowest BCUT2D eigenvalue weighted by molar-refractivity contribution is -0.125. The van der Waals surface area contributed by atoms with Crippen LogP contribution in [-0.2, 0) is 4.79 Å². The Kier molecular flexibility index (Phi) is 7.37. The molecule has 3 N–H and O–H groups in total. The van der Waals surface area contributed by atoms with Crippen LogP contribution in [0.15, 0.2) is 67.3 Å². The van der Waals surface area contributed by atoms with Gasteiger partial charge in [0.1, 0.15) is 23.6 Å². The van der Waals surface area contributed by atoms with Gasteiger partial charge in [-0.2, -0.15) is 5.26 Å².